The minimum Gasteiger partial charge on any atom is -0.466 e. The molecule has 4 amide bonds. The highest BCUT2D eigenvalue weighted by Crippen LogP contribution is 2.36. The van der Waals surface area contributed by atoms with Gasteiger partial charge in [0.1, 0.15) is 12.1 Å². The van der Waals surface area contributed by atoms with Crippen molar-refractivity contribution in [1.29, 1.82) is 0 Å². The van der Waals surface area contributed by atoms with E-state index >= 15 is 0 Å². The van der Waals surface area contributed by atoms with Crippen molar-refractivity contribution in [3.63, 3.8) is 0 Å². The van der Waals surface area contributed by atoms with E-state index in [0.717, 1.165) is 17.7 Å². The highest BCUT2D eigenvalue weighted by molar-refractivity contribution is 8.04. The van der Waals surface area contributed by atoms with E-state index in [1.807, 2.05) is 0 Å². The Morgan fingerprint density at radius 3 is 2.61 bits per heavy atom. The second-order valence-electron chi connectivity index (χ2n) is 8.00. The van der Waals surface area contributed by atoms with E-state index in [4.69, 9.17) is 4.74 Å². The standard InChI is InChI=1S/C20H27N3O7S/c1-13-4-6-20(7-5-13)18(27)23(19(28)21-20)11-17(26)30-9-3-8-22-14(24)12-31-15(22)10-16(25)29-2/h10,13H,3-9,11-12H2,1-2H3,(H,21,28)/b15-10+. The summed E-state index contributed by atoms with van der Waals surface area (Å²) in [6.45, 7) is 1.97. The molecular formula is C20H27N3O7S. The topological polar surface area (TPSA) is 122 Å². The van der Waals surface area contributed by atoms with Crippen LogP contribution in [0.25, 0.3) is 0 Å². The molecule has 3 aliphatic rings. The van der Waals surface area contributed by atoms with Crippen LogP contribution in [-0.4, -0.2) is 77.7 Å². The summed E-state index contributed by atoms with van der Waals surface area (Å²) in [5, 5.41) is 3.26. The number of carbonyl (C=O) groups excluding carboxylic acids is 5. The molecule has 2 heterocycles. The van der Waals surface area contributed by atoms with Crippen molar-refractivity contribution >= 4 is 41.5 Å². The van der Waals surface area contributed by atoms with Crippen LogP contribution >= 0.6 is 11.8 Å². The smallest absolute Gasteiger partial charge is 0.333 e. The molecular weight excluding hydrogens is 426 g/mol. The molecule has 1 spiro atoms. The predicted octanol–water partition coefficient (Wildman–Crippen LogP) is 1.01. The largest absolute Gasteiger partial charge is 0.466 e. The first kappa shape index (κ1) is 23.1. The number of thioether (sulfide) groups is 1. The summed E-state index contributed by atoms with van der Waals surface area (Å²) < 4.78 is 9.74. The van der Waals surface area contributed by atoms with Crippen molar-refractivity contribution in [3.05, 3.63) is 11.1 Å². The van der Waals surface area contributed by atoms with Crippen molar-refractivity contribution in [2.75, 3.05) is 32.6 Å². The zero-order chi connectivity index (χ0) is 22.6. The van der Waals surface area contributed by atoms with Crippen LogP contribution in [0.5, 0.6) is 0 Å². The maximum atomic E-state index is 12.8. The third-order valence-corrected chi connectivity index (χ3v) is 6.83. The van der Waals surface area contributed by atoms with Crippen molar-refractivity contribution in [1.82, 2.24) is 15.1 Å². The Bertz CT molecular complexity index is 805. The van der Waals surface area contributed by atoms with Gasteiger partial charge in [-0.1, -0.05) is 18.7 Å². The fourth-order valence-corrected chi connectivity index (χ4v) is 4.88. The van der Waals surface area contributed by atoms with E-state index in [1.165, 1.54) is 29.8 Å². The first-order valence-electron chi connectivity index (χ1n) is 10.3. The number of hydrogen-bond acceptors (Lipinski definition) is 8. The number of carbonyl (C=O) groups is 5. The van der Waals surface area contributed by atoms with Crippen LogP contribution in [0.1, 0.15) is 39.0 Å². The van der Waals surface area contributed by atoms with Crippen LogP contribution in [0.4, 0.5) is 4.79 Å². The number of amides is 4. The van der Waals surface area contributed by atoms with E-state index in [0.29, 0.717) is 30.2 Å². The highest BCUT2D eigenvalue weighted by Gasteiger charge is 2.52. The van der Waals surface area contributed by atoms with Gasteiger partial charge in [0, 0.05) is 6.54 Å². The monoisotopic (exact) mass is 453 g/mol. The molecule has 0 unspecified atom stereocenters. The molecule has 1 saturated carbocycles. The Labute approximate surface area is 184 Å². The lowest BCUT2D eigenvalue weighted by molar-refractivity contribution is -0.148. The van der Waals surface area contributed by atoms with Crippen LogP contribution in [0.3, 0.4) is 0 Å². The molecule has 11 heteroatoms. The van der Waals surface area contributed by atoms with Crippen LogP contribution in [0.15, 0.2) is 11.1 Å². The van der Waals surface area contributed by atoms with Gasteiger partial charge < -0.3 is 19.7 Å². The molecule has 0 aromatic carbocycles. The maximum absolute atomic E-state index is 12.8. The summed E-state index contributed by atoms with van der Waals surface area (Å²) in [7, 11) is 1.26. The quantitative estimate of drug-likeness (QED) is 0.262. The molecule has 0 aromatic heterocycles. The summed E-state index contributed by atoms with van der Waals surface area (Å²) in [6, 6.07) is -0.561. The Hall–Kier alpha value is -2.56. The summed E-state index contributed by atoms with van der Waals surface area (Å²) in [5.41, 5.74) is -0.889. The van der Waals surface area contributed by atoms with E-state index in [2.05, 4.69) is 17.0 Å². The minimum absolute atomic E-state index is 0.0189. The SMILES string of the molecule is COC(=O)/C=C1/SCC(=O)N1CCCOC(=O)CN1C(=O)NC2(CCC(C)CC2)C1=O. The predicted molar refractivity (Wildman–Crippen MR) is 110 cm³/mol. The fourth-order valence-electron chi connectivity index (χ4n) is 3.93. The van der Waals surface area contributed by atoms with E-state index in [9.17, 15) is 24.0 Å². The lowest BCUT2D eigenvalue weighted by Gasteiger charge is -2.33. The van der Waals surface area contributed by atoms with Gasteiger partial charge in [-0.05, 0) is 38.0 Å². The molecule has 0 aromatic rings. The molecule has 10 nitrogen and oxygen atoms in total. The number of nitrogens with one attached hydrogen (secondary N) is 1. The molecule has 2 aliphatic heterocycles. The summed E-state index contributed by atoms with van der Waals surface area (Å²) in [5.74, 6) is -0.991. The van der Waals surface area contributed by atoms with E-state index in [1.54, 1.807) is 0 Å². The maximum Gasteiger partial charge on any atom is 0.333 e. The molecule has 3 fully saturated rings. The van der Waals surface area contributed by atoms with Gasteiger partial charge in [0.15, 0.2) is 0 Å². The number of hydrogen-bond donors (Lipinski definition) is 1. The average Bonchev–Trinajstić information content (AvgIpc) is 3.19. The number of esters is 2. The zero-order valence-electron chi connectivity index (χ0n) is 17.7. The van der Waals surface area contributed by atoms with Gasteiger partial charge in [-0.15, -0.1) is 0 Å². The number of ether oxygens (including phenoxy) is 2. The summed E-state index contributed by atoms with van der Waals surface area (Å²) in [4.78, 5) is 62.9. The molecule has 31 heavy (non-hydrogen) atoms. The second kappa shape index (κ2) is 9.71. The van der Waals surface area contributed by atoms with Crippen LogP contribution in [0.2, 0.25) is 0 Å². The molecule has 2 saturated heterocycles. The van der Waals surface area contributed by atoms with Crippen LogP contribution < -0.4 is 5.32 Å². The third kappa shape index (κ3) is 5.20. The van der Waals surface area contributed by atoms with Gasteiger partial charge in [-0.2, -0.15) is 0 Å². The molecule has 170 valence electrons. The summed E-state index contributed by atoms with van der Waals surface area (Å²) in [6.07, 6.45) is 4.45. The minimum atomic E-state index is -0.889. The van der Waals surface area contributed by atoms with Gasteiger partial charge in [0.05, 0.1) is 30.6 Å². The molecule has 1 aliphatic carbocycles. The number of imide groups is 1. The number of urea groups is 1. The molecule has 0 bridgehead atoms. The Morgan fingerprint density at radius 2 is 1.94 bits per heavy atom. The Kier molecular flexibility index (Phi) is 7.24. The Balaban J connectivity index is 1.45. The zero-order valence-corrected chi connectivity index (χ0v) is 18.5. The van der Waals surface area contributed by atoms with Gasteiger partial charge >= 0.3 is 18.0 Å². The lowest BCUT2D eigenvalue weighted by Crippen LogP contribution is -2.49. The van der Waals surface area contributed by atoms with Gasteiger partial charge in [0.25, 0.3) is 5.91 Å². The Morgan fingerprint density at radius 1 is 1.23 bits per heavy atom. The van der Waals surface area contributed by atoms with Crippen molar-refractivity contribution in [3.8, 4) is 0 Å². The first-order valence-corrected chi connectivity index (χ1v) is 11.3. The van der Waals surface area contributed by atoms with Crippen LogP contribution in [-0.2, 0) is 28.7 Å². The third-order valence-electron chi connectivity index (χ3n) is 5.80. The fraction of sp³-hybridized carbons (Fsp3) is 0.650. The van der Waals surface area contributed by atoms with Gasteiger partial charge in [0.2, 0.25) is 5.91 Å². The average molecular weight is 454 g/mol. The molecule has 0 atom stereocenters. The molecule has 0 radical (unpaired) electrons. The number of nitrogens with zero attached hydrogens (tertiary/aromatic N) is 2. The van der Waals surface area contributed by atoms with E-state index < -0.39 is 30.1 Å². The normalized spacial score (nSPS) is 27.2. The molecule has 1 N–H and O–H groups in total. The highest BCUT2D eigenvalue weighted by atomic mass is 32.2. The van der Waals surface area contributed by atoms with Crippen molar-refractivity contribution in [2.45, 2.75) is 44.6 Å². The summed E-state index contributed by atoms with van der Waals surface area (Å²) >= 11 is 1.24. The number of rotatable bonds is 7. The van der Waals surface area contributed by atoms with Crippen molar-refractivity contribution < 1.29 is 33.4 Å². The second-order valence-corrected chi connectivity index (χ2v) is 9.00. The van der Waals surface area contributed by atoms with Gasteiger partial charge in [-0.25, -0.2) is 9.59 Å². The van der Waals surface area contributed by atoms with E-state index in [-0.39, 0.29) is 30.7 Å². The van der Waals surface area contributed by atoms with Gasteiger partial charge in [-0.3, -0.25) is 19.3 Å². The van der Waals surface area contributed by atoms with Crippen molar-refractivity contribution in [2.24, 2.45) is 5.92 Å². The molecule has 3 rings (SSSR count). The van der Waals surface area contributed by atoms with Crippen LogP contribution in [0, 0.1) is 5.92 Å². The first-order chi connectivity index (χ1) is 14.8. The lowest BCUT2D eigenvalue weighted by atomic mass is 9.77. The number of methoxy groups -OCH3 is 1.